The van der Waals surface area contributed by atoms with E-state index < -0.39 is 0 Å². The number of benzene rings is 1. The standard InChI is InChI=1S/C16H20N4O2/c21-11-2-1-9-19(14-6-7-14)16(22)13-4-3-5-15(12-13)20-10-8-17-18-20/h3-5,8,10,12,14,21H,1-2,6-7,9,11H2. The van der Waals surface area contributed by atoms with Gasteiger partial charge >= 0.3 is 0 Å². The highest BCUT2D eigenvalue weighted by atomic mass is 16.3. The molecule has 0 unspecified atom stereocenters. The van der Waals surface area contributed by atoms with Crippen LogP contribution < -0.4 is 0 Å². The van der Waals surface area contributed by atoms with Gasteiger partial charge in [-0.05, 0) is 43.9 Å². The minimum atomic E-state index is 0.0578. The van der Waals surface area contributed by atoms with E-state index in [-0.39, 0.29) is 12.5 Å². The molecule has 22 heavy (non-hydrogen) atoms. The quantitative estimate of drug-likeness (QED) is 0.789. The molecule has 116 valence electrons. The van der Waals surface area contributed by atoms with Gasteiger partial charge in [0, 0.05) is 24.8 Å². The largest absolute Gasteiger partial charge is 0.396 e. The number of hydrogen-bond acceptors (Lipinski definition) is 4. The molecule has 0 bridgehead atoms. The summed E-state index contributed by atoms with van der Waals surface area (Å²) in [5.41, 5.74) is 1.50. The number of unbranched alkanes of at least 4 members (excludes halogenated alkanes) is 1. The van der Waals surface area contributed by atoms with Gasteiger partial charge in [-0.1, -0.05) is 11.3 Å². The van der Waals surface area contributed by atoms with Crippen molar-refractivity contribution in [2.24, 2.45) is 0 Å². The average molecular weight is 300 g/mol. The summed E-state index contributed by atoms with van der Waals surface area (Å²) < 4.78 is 1.64. The van der Waals surface area contributed by atoms with Crippen LogP contribution in [0.4, 0.5) is 0 Å². The molecule has 1 aliphatic carbocycles. The van der Waals surface area contributed by atoms with Crippen LogP contribution in [0.2, 0.25) is 0 Å². The lowest BCUT2D eigenvalue weighted by Crippen LogP contribution is -2.34. The van der Waals surface area contributed by atoms with Crippen LogP contribution in [-0.2, 0) is 0 Å². The first-order chi connectivity index (χ1) is 10.8. The molecule has 2 aromatic rings. The number of rotatable bonds is 7. The SMILES string of the molecule is O=C(c1cccc(-n2ccnn2)c1)N(CCCCO)C1CC1. The molecular weight excluding hydrogens is 280 g/mol. The topological polar surface area (TPSA) is 71.2 Å². The van der Waals surface area contributed by atoms with E-state index >= 15 is 0 Å². The van der Waals surface area contributed by atoms with Crippen LogP contribution in [0.3, 0.4) is 0 Å². The Morgan fingerprint density at radius 3 is 2.91 bits per heavy atom. The molecule has 3 rings (SSSR count). The Labute approximate surface area is 129 Å². The van der Waals surface area contributed by atoms with Crippen molar-refractivity contribution in [1.29, 1.82) is 0 Å². The summed E-state index contributed by atoms with van der Waals surface area (Å²) in [6, 6.07) is 7.81. The van der Waals surface area contributed by atoms with E-state index in [1.165, 1.54) is 0 Å². The van der Waals surface area contributed by atoms with E-state index in [0.717, 1.165) is 31.4 Å². The van der Waals surface area contributed by atoms with Gasteiger partial charge in [0.25, 0.3) is 5.91 Å². The maximum atomic E-state index is 12.8. The van der Waals surface area contributed by atoms with Crippen molar-refractivity contribution in [3.8, 4) is 5.69 Å². The van der Waals surface area contributed by atoms with E-state index in [4.69, 9.17) is 5.11 Å². The van der Waals surface area contributed by atoms with Crippen LogP contribution in [0.5, 0.6) is 0 Å². The zero-order valence-corrected chi connectivity index (χ0v) is 12.4. The molecule has 1 heterocycles. The summed E-state index contributed by atoms with van der Waals surface area (Å²) in [5, 5.41) is 16.7. The Balaban J connectivity index is 1.76. The molecule has 1 saturated carbocycles. The number of hydrogen-bond donors (Lipinski definition) is 1. The molecule has 1 aromatic heterocycles. The summed E-state index contributed by atoms with van der Waals surface area (Å²) in [5.74, 6) is 0.0578. The second-order valence-electron chi connectivity index (χ2n) is 5.56. The third kappa shape index (κ3) is 3.33. The molecule has 6 heteroatoms. The third-order valence-corrected chi connectivity index (χ3v) is 3.84. The molecular formula is C16H20N4O2. The highest BCUT2D eigenvalue weighted by Crippen LogP contribution is 2.28. The molecule has 1 amide bonds. The number of carbonyl (C=O) groups is 1. The maximum absolute atomic E-state index is 12.8. The maximum Gasteiger partial charge on any atom is 0.254 e. The smallest absolute Gasteiger partial charge is 0.254 e. The van der Waals surface area contributed by atoms with Gasteiger partial charge in [-0.3, -0.25) is 4.79 Å². The van der Waals surface area contributed by atoms with Crippen molar-refractivity contribution in [1.82, 2.24) is 19.9 Å². The molecule has 1 aliphatic rings. The molecule has 1 fully saturated rings. The van der Waals surface area contributed by atoms with Crippen molar-refractivity contribution in [3.05, 3.63) is 42.2 Å². The zero-order valence-electron chi connectivity index (χ0n) is 12.4. The van der Waals surface area contributed by atoms with Crippen molar-refractivity contribution < 1.29 is 9.90 Å². The lowest BCUT2D eigenvalue weighted by Gasteiger charge is -2.22. The van der Waals surface area contributed by atoms with Crippen molar-refractivity contribution in [2.45, 2.75) is 31.7 Å². The Bertz CT molecular complexity index is 623. The number of aliphatic hydroxyl groups is 1. The summed E-state index contributed by atoms with van der Waals surface area (Å²) >= 11 is 0. The number of nitrogens with zero attached hydrogens (tertiary/aromatic N) is 4. The van der Waals surface area contributed by atoms with Gasteiger partial charge in [-0.2, -0.15) is 0 Å². The lowest BCUT2D eigenvalue weighted by molar-refractivity contribution is 0.0737. The van der Waals surface area contributed by atoms with Crippen LogP contribution in [0.1, 0.15) is 36.0 Å². The van der Waals surface area contributed by atoms with Crippen molar-refractivity contribution >= 4 is 5.91 Å². The van der Waals surface area contributed by atoms with E-state index in [9.17, 15) is 4.79 Å². The predicted molar refractivity (Wildman–Crippen MR) is 81.7 cm³/mol. The Hall–Kier alpha value is -2.21. The van der Waals surface area contributed by atoms with Gasteiger partial charge in [0.1, 0.15) is 0 Å². The number of carbonyl (C=O) groups excluding carboxylic acids is 1. The highest BCUT2D eigenvalue weighted by molar-refractivity contribution is 5.95. The fraction of sp³-hybridized carbons (Fsp3) is 0.438. The molecule has 0 spiro atoms. The molecule has 6 nitrogen and oxygen atoms in total. The number of amides is 1. The molecule has 1 aromatic carbocycles. The first-order valence-corrected chi connectivity index (χ1v) is 7.68. The highest BCUT2D eigenvalue weighted by Gasteiger charge is 2.32. The van der Waals surface area contributed by atoms with E-state index in [1.807, 2.05) is 29.2 Å². The lowest BCUT2D eigenvalue weighted by atomic mass is 10.1. The van der Waals surface area contributed by atoms with Gasteiger partial charge in [0.05, 0.1) is 18.1 Å². The van der Waals surface area contributed by atoms with Crippen LogP contribution in [0.15, 0.2) is 36.7 Å². The number of aliphatic hydroxyl groups excluding tert-OH is 1. The van der Waals surface area contributed by atoms with Crippen molar-refractivity contribution in [3.63, 3.8) is 0 Å². The minimum Gasteiger partial charge on any atom is -0.396 e. The van der Waals surface area contributed by atoms with E-state index in [1.54, 1.807) is 17.1 Å². The first kappa shape index (κ1) is 14.7. The Kier molecular flexibility index (Phi) is 4.48. The van der Waals surface area contributed by atoms with Gasteiger partial charge in [-0.15, -0.1) is 5.10 Å². The van der Waals surface area contributed by atoms with Crippen LogP contribution in [0, 0.1) is 0 Å². The van der Waals surface area contributed by atoms with Gasteiger partial charge in [0.15, 0.2) is 0 Å². The van der Waals surface area contributed by atoms with Crippen molar-refractivity contribution in [2.75, 3.05) is 13.2 Å². The Morgan fingerprint density at radius 1 is 1.36 bits per heavy atom. The fourth-order valence-corrected chi connectivity index (χ4v) is 2.52. The fourth-order valence-electron chi connectivity index (χ4n) is 2.52. The van der Waals surface area contributed by atoms with Gasteiger partial charge in [-0.25, -0.2) is 4.68 Å². The van der Waals surface area contributed by atoms with Crippen LogP contribution >= 0.6 is 0 Å². The summed E-state index contributed by atoms with van der Waals surface area (Å²) in [6.07, 6.45) is 7.08. The normalized spacial score (nSPS) is 14.0. The first-order valence-electron chi connectivity index (χ1n) is 7.68. The monoisotopic (exact) mass is 300 g/mol. The molecule has 1 N–H and O–H groups in total. The van der Waals surface area contributed by atoms with Crippen LogP contribution in [0.25, 0.3) is 5.69 Å². The summed E-state index contributed by atoms with van der Waals surface area (Å²) in [7, 11) is 0. The number of aromatic nitrogens is 3. The van der Waals surface area contributed by atoms with Gasteiger partial charge in [0.2, 0.25) is 0 Å². The zero-order chi connectivity index (χ0) is 15.4. The second-order valence-corrected chi connectivity index (χ2v) is 5.56. The average Bonchev–Trinajstić information content (AvgIpc) is 3.24. The summed E-state index contributed by atoms with van der Waals surface area (Å²) in [4.78, 5) is 14.7. The molecule has 0 atom stereocenters. The third-order valence-electron chi connectivity index (χ3n) is 3.84. The molecule has 0 saturated heterocycles. The summed E-state index contributed by atoms with van der Waals surface area (Å²) in [6.45, 7) is 0.881. The molecule has 0 aliphatic heterocycles. The van der Waals surface area contributed by atoms with E-state index in [2.05, 4.69) is 10.3 Å². The van der Waals surface area contributed by atoms with Crippen LogP contribution in [-0.4, -0.2) is 50.1 Å². The second kappa shape index (κ2) is 6.70. The van der Waals surface area contributed by atoms with Gasteiger partial charge < -0.3 is 10.0 Å². The Morgan fingerprint density at radius 2 is 2.23 bits per heavy atom. The minimum absolute atomic E-state index is 0.0578. The predicted octanol–water partition coefficient (Wildman–Crippen LogP) is 1.64. The van der Waals surface area contributed by atoms with E-state index in [0.29, 0.717) is 18.2 Å². The molecule has 0 radical (unpaired) electrons.